The minimum Gasteiger partial charge on any atom is -0.497 e. The maximum atomic E-state index is 5.38. The number of rotatable bonds is 6. The number of nitrogens with one attached hydrogen (secondary N) is 1. The molecule has 2 unspecified atom stereocenters. The molecular formula is C18H29NO. The number of ether oxygens (including phenoxy) is 1. The lowest BCUT2D eigenvalue weighted by molar-refractivity contribution is 0.291. The molecule has 1 aliphatic carbocycles. The molecule has 0 bridgehead atoms. The average Bonchev–Trinajstić information content (AvgIpc) is 2.47. The summed E-state index contributed by atoms with van der Waals surface area (Å²) in [5.74, 6) is 3.18. The van der Waals surface area contributed by atoms with Crippen molar-refractivity contribution in [3.8, 4) is 5.75 Å². The van der Waals surface area contributed by atoms with Crippen LogP contribution in [0.3, 0.4) is 0 Å². The van der Waals surface area contributed by atoms with Gasteiger partial charge < -0.3 is 10.1 Å². The molecule has 2 atom stereocenters. The summed E-state index contributed by atoms with van der Waals surface area (Å²) in [6, 6.07) is 8.67. The van der Waals surface area contributed by atoms with Gasteiger partial charge in [0.05, 0.1) is 7.11 Å². The van der Waals surface area contributed by atoms with Crippen molar-refractivity contribution in [2.45, 2.75) is 45.4 Å². The van der Waals surface area contributed by atoms with Crippen molar-refractivity contribution in [2.24, 2.45) is 11.8 Å². The van der Waals surface area contributed by atoms with Crippen molar-refractivity contribution >= 4 is 0 Å². The summed E-state index contributed by atoms with van der Waals surface area (Å²) in [6.07, 6.45) is 5.42. The van der Waals surface area contributed by atoms with Crippen LogP contribution in [0.4, 0.5) is 0 Å². The monoisotopic (exact) mass is 275 g/mol. The fraction of sp³-hybridized carbons (Fsp3) is 0.667. The van der Waals surface area contributed by atoms with Crippen LogP contribution in [-0.2, 0) is 0 Å². The highest BCUT2D eigenvalue weighted by Crippen LogP contribution is 2.38. The van der Waals surface area contributed by atoms with Gasteiger partial charge in [0.25, 0.3) is 0 Å². The number of hydrogen-bond donors (Lipinski definition) is 1. The van der Waals surface area contributed by atoms with Gasteiger partial charge in [-0.3, -0.25) is 0 Å². The van der Waals surface area contributed by atoms with Crippen LogP contribution in [0.5, 0.6) is 5.75 Å². The lowest BCUT2D eigenvalue weighted by Crippen LogP contribution is -2.31. The van der Waals surface area contributed by atoms with Gasteiger partial charge in [-0.2, -0.15) is 0 Å². The molecule has 20 heavy (non-hydrogen) atoms. The van der Waals surface area contributed by atoms with Gasteiger partial charge in [0, 0.05) is 0 Å². The van der Waals surface area contributed by atoms with Gasteiger partial charge in [0.2, 0.25) is 0 Å². The van der Waals surface area contributed by atoms with Gasteiger partial charge in [0.15, 0.2) is 0 Å². The second-order valence-electron chi connectivity index (χ2n) is 6.48. The summed E-state index contributed by atoms with van der Waals surface area (Å²) in [7, 11) is 1.75. The molecule has 0 radical (unpaired) electrons. The molecule has 0 heterocycles. The highest BCUT2D eigenvalue weighted by Gasteiger charge is 2.26. The van der Waals surface area contributed by atoms with E-state index in [9.17, 15) is 0 Å². The molecular weight excluding hydrogens is 246 g/mol. The predicted molar refractivity (Wildman–Crippen MR) is 85.4 cm³/mol. The van der Waals surface area contributed by atoms with Crippen LogP contribution >= 0.6 is 0 Å². The van der Waals surface area contributed by atoms with Crippen molar-refractivity contribution in [3.05, 3.63) is 29.8 Å². The Morgan fingerprint density at radius 1 is 1.25 bits per heavy atom. The minimum atomic E-state index is 0.693. The molecule has 112 valence electrons. The molecule has 0 aliphatic heterocycles. The zero-order chi connectivity index (χ0) is 14.4. The second kappa shape index (κ2) is 7.68. The molecule has 1 aromatic carbocycles. The highest BCUT2D eigenvalue weighted by molar-refractivity contribution is 5.31. The Bertz CT molecular complexity index is 402. The van der Waals surface area contributed by atoms with Gasteiger partial charge in [-0.25, -0.2) is 0 Å². The summed E-state index contributed by atoms with van der Waals surface area (Å²) in [4.78, 5) is 0. The van der Waals surface area contributed by atoms with E-state index in [-0.39, 0.29) is 0 Å². The van der Waals surface area contributed by atoms with E-state index >= 15 is 0 Å². The maximum Gasteiger partial charge on any atom is 0.119 e. The molecule has 0 aromatic heterocycles. The van der Waals surface area contributed by atoms with Gasteiger partial charge in [-0.15, -0.1) is 0 Å². The summed E-state index contributed by atoms with van der Waals surface area (Å²) < 4.78 is 5.38. The third kappa shape index (κ3) is 4.24. The zero-order valence-corrected chi connectivity index (χ0v) is 13.2. The van der Waals surface area contributed by atoms with Crippen molar-refractivity contribution in [3.63, 3.8) is 0 Å². The topological polar surface area (TPSA) is 21.3 Å². The Morgan fingerprint density at radius 2 is 2.05 bits per heavy atom. The number of benzene rings is 1. The molecule has 1 aliphatic rings. The Morgan fingerprint density at radius 3 is 2.80 bits per heavy atom. The molecule has 0 spiro atoms. The normalized spacial score (nSPS) is 23.0. The van der Waals surface area contributed by atoms with Crippen LogP contribution in [0, 0.1) is 11.8 Å². The van der Waals surface area contributed by atoms with Gasteiger partial charge in [-0.1, -0.05) is 38.8 Å². The van der Waals surface area contributed by atoms with Crippen molar-refractivity contribution in [2.75, 3.05) is 20.2 Å². The van der Waals surface area contributed by atoms with Crippen LogP contribution in [0.2, 0.25) is 0 Å². The van der Waals surface area contributed by atoms with Crippen molar-refractivity contribution in [1.82, 2.24) is 5.32 Å². The number of hydrogen-bond acceptors (Lipinski definition) is 2. The summed E-state index contributed by atoms with van der Waals surface area (Å²) in [5.41, 5.74) is 1.46. The number of methoxy groups -OCH3 is 1. The molecule has 2 heteroatoms. The second-order valence-corrected chi connectivity index (χ2v) is 6.48. The van der Waals surface area contributed by atoms with E-state index in [0.29, 0.717) is 5.92 Å². The SMILES string of the molecule is COc1cccc(C2CCCCC2CNCC(C)C)c1. The van der Waals surface area contributed by atoms with Gasteiger partial charge in [-0.05, 0) is 61.4 Å². The Kier molecular flexibility index (Phi) is 5.90. The fourth-order valence-corrected chi connectivity index (χ4v) is 3.32. The first kappa shape index (κ1) is 15.4. The lowest BCUT2D eigenvalue weighted by atomic mass is 9.75. The Balaban J connectivity index is 2.01. The van der Waals surface area contributed by atoms with E-state index in [1.54, 1.807) is 7.11 Å². The lowest BCUT2D eigenvalue weighted by Gasteiger charge is -2.32. The van der Waals surface area contributed by atoms with Crippen molar-refractivity contribution in [1.29, 1.82) is 0 Å². The standard InChI is InChI=1S/C18H29NO/c1-14(2)12-19-13-16-7-4-5-10-18(16)15-8-6-9-17(11-15)20-3/h6,8-9,11,14,16,18-19H,4-5,7,10,12-13H2,1-3H3. The maximum absolute atomic E-state index is 5.38. The minimum absolute atomic E-state index is 0.693. The quantitative estimate of drug-likeness (QED) is 0.839. The van der Waals surface area contributed by atoms with E-state index in [2.05, 4.69) is 37.4 Å². The molecule has 1 saturated carbocycles. The van der Waals surface area contributed by atoms with E-state index in [1.165, 1.54) is 31.2 Å². The smallest absolute Gasteiger partial charge is 0.119 e. The first-order chi connectivity index (χ1) is 9.70. The van der Waals surface area contributed by atoms with Crippen LogP contribution in [0.1, 0.15) is 51.0 Å². The fourth-order valence-electron chi connectivity index (χ4n) is 3.32. The van der Waals surface area contributed by atoms with Crippen LogP contribution in [0.15, 0.2) is 24.3 Å². The summed E-state index contributed by atoms with van der Waals surface area (Å²) in [5, 5.41) is 3.65. The Hall–Kier alpha value is -1.02. The summed E-state index contributed by atoms with van der Waals surface area (Å²) >= 11 is 0. The predicted octanol–water partition coefficient (Wildman–Crippen LogP) is 4.21. The molecule has 2 nitrogen and oxygen atoms in total. The average molecular weight is 275 g/mol. The third-order valence-electron chi connectivity index (χ3n) is 4.39. The molecule has 1 fully saturated rings. The molecule has 1 N–H and O–H groups in total. The first-order valence-electron chi connectivity index (χ1n) is 8.05. The first-order valence-corrected chi connectivity index (χ1v) is 8.05. The molecule has 1 aromatic rings. The van der Waals surface area contributed by atoms with Gasteiger partial charge >= 0.3 is 0 Å². The Labute approximate surface area is 123 Å². The summed E-state index contributed by atoms with van der Waals surface area (Å²) in [6.45, 7) is 6.82. The van der Waals surface area contributed by atoms with E-state index in [4.69, 9.17) is 4.74 Å². The van der Waals surface area contributed by atoms with Crippen molar-refractivity contribution < 1.29 is 4.74 Å². The van der Waals surface area contributed by atoms with E-state index < -0.39 is 0 Å². The molecule has 0 amide bonds. The third-order valence-corrected chi connectivity index (χ3v) is 4.39. The van der Waals surface area contributed by atoms with Crippen LogP contribution in [-0.4, -0.2) is 20.2 Å². The van der Waals surface area contributed by atoms with Crippen LogP contribution < -0.4 is 10.1 Å². The molecule has 0 saturated heterocycles. The highest BCUT2D eigenvalue weighted by atomic mass is 16.5. The van der Waals surface area contributed by atoms with E-state index in [0.717, 1.165) is 30.7 Å². The van der Waals surface area contributed by atoms with Gasteiger partial charge in [0.1, 0.15) is 5.75 Å². The zero-order valence-electron chi connectivity index (χ0n) is 13.2. The molecule has 2 rings (SSSR count). The van der Waals surface area contributed by atoms with E-state index in [1.807, 2.05) is 6.07 Å². The van der Waals surface area contributed by atoms with Crippen LogP contribution in [0.25, 0.3) is 0 Å². The largest absolute Gasteiger partial charge is 0.497 e.